The largest absolute Gasteiger partial charge is 0.457 e. The molecule has 0 N–H and O–H groups in total. The minimum Gasteiger partial charge on any atom is -0.457 e. The molecule has 1 atom stereocenters. The molecule has 1 aliphatic heterocycles. The minimum absolute atomic E-state index is 0.310. The van der Waals surface area contributed by atoms with Gasteiger partial charge in [0.1, 0.15) is 11.5 Å². The van der Waals surface area contributed by atoms with E-state index >= 15 is 0 Å². The van der Waals surface area contributed by atoms with Crippen LogP contribution in [0.4, 0.5) is 0 Å². The van der Waals surface area contributed by atoms with Crippen LogP contribution in [0.1, 0.15) is 69.8 Å². The van der Waals surface area contributed by atoms with Gasteiger partial charge in [0.2, 0.25) is 6.41 Å². The van der Waals surface area contributed by atoms with Crippen LogP contribution in [0.3, 0.4) is 0 Å². The number of nitrogens with zero attached hydrogens (tertiary/aromatic N) is 1. The Balaban J connectivity index is 1.13. The number of carbonyl (C=O) groups is 1. The molecule has 0 aromatic heterocycles. The summed E-state index contributed by atoms with van der Waals surface area (Å²) in [5.74, 6) is 1.73. The van der Waals surface area contributed by atoms with E-state index in [-0.39, 0.29) is 0 Å². The third-order valence-electron chi connectivity index (χ3n) is 6.20. The first-order valence-corrected chi connectivity index (χ1v) is 12.6. The van der Waals surface area contributed by atoms with Crippen LogP contribution in [-0.2, 0) is 9.53 Å². The summed E-state index contributed by atoms with van der Waals surface area (Å²) in [6, 6.07) is 18.4. The summed E-state index contributed by atoms with van der Waals surface area (Å²) in [7, 11) is 0. The Hall–Kier alpha value is -2.59. The van der Waals surface area contributed by atoms with E-state index in [0.717, 1.165) is 56.7 Å². The van der Waals surface area contributed by atoms with E-state index in [9.17, 15) is 4.79 Å². The molecular weight excluding hydrogens is 410 g/mol. The van der Waals surface area contributed by atoms with Crippen LogP contribution in [0.2, 0.25) is 0 Å². The number of benzene rings is 2. The van der Waals surface area contributed by atoms with Gasteiger partial charge in [0.05, 0.1) is 12.6 Å². The van der Waals surface area contributed by atoms with Crippen molar-refractivity contribution >= 4 is 12.5 Å². The molecule has 2 aromatic carbocycles. The summed E-state index contributed by atoms with van der Waals surface area (Å²) in [4.78, 5) is 12.8. The van der Waals surface area contributed by atoms with Crippen LogP contribution in [0, 0.1) is 0 Å². The number of hydrogen-bond donors (Lipinski definition) is 0. The van der Waals surface area contributed by atoms with Gasteiger partial charge in [0, 0.05) is 13.2 Å². The highest BCUT2D eigenvalue weighted by Gasteiger charge is 2.22. The number of unbranched alkanes of at least 4 members (excludes halogenated alkanes) is 7. The lowest BCUT2D eigenvalue weighted by Gasteiger charge is -2.19. The van der Waals surface area contributed by atoms with E-state index in [1.54, 1.807) is 0 Å². The quantitative estimate of drug-likeness (QED) is 0.200. The SMILES string of the molecule is O=CN1CCC[C@H]1COCCCCCCCCC/C=C/c1ccc(Oc2ccccc2)cc1. The summed E-state index contributed by atoms with van der Waals surface area (Å²) in [5.41, 5.74) is 1.21. The van der Waals surface area contributed by atoms with Crippen LogP contribution in [0.15, 0.2) is 60.7 Å². The molecule has 0 unspecified atom stereocenters. The Morgan fingerprint density at radius 3 is 2.30 bits per heavy atom. The summed E-state index contributed by atoms with van der Waals surface area (Å²) in [6.45, 7) is 2.43. The first kappa shape index (κ1) is 25.0. The van der Waals surface area contributed by atoms with Crippen molar-refractivity contribution in [1.29, 1.82) is 0 Å². The zero-order valence-corrected chi connectivity index (χ0v) is 19.9. The van der Waals surface area contributed by atoms with Gasteiger partial charge in [-0.25, -0.2) is 0 Å². The number of hydrogen-bond acceptors (Lipinski definition) is 3. The maximum atomic E-state index is 10.9. The lowest BCUT2D eigenvalue weighted by Crippen LogP contribution is -2.31. The second-order valence-corrected chi connectivity index (χ2v) is 8.86. The molecule has 178 valence electrons. The predicted molar refractivity (Wildman–Crippen MR) is 136 cm³/mol. The number of amides is 1. The van der Waals surface area contributed by atoms with Crippen molar-refractivity contribution in [2.24, 2.45) is 0 Å². The zero-order valence-electron chi connectivity index (χ0n) is 19.9. The number of ether oxygens (including phenoxy) is 2. The van der Waals surface area contributed by atoms with Gasteiger partial charge in [-0.1, -0.05) is 74.6 Å². The van der Waals surface area contributed by atoms with Gasteiger partial charge in [-0.15, -0.1) is 0 Å². The summed E-state index contributed by atoms with van der Waals surface area (Å²) < 4.78 is 11.6. The van der Waals surface area contributed by atoms with Gasteiger partial charge in [0.15, 0.2) is 0 Å². The molecule has 1 amide bonds. The monoisotopic (exact) mass is 449 g/mol. The van der Waals surface area contributed by atoms with Crippen molar-refractivity contribution in [3.63, 3.8) is 0 Å². The third kappa shape index (κ3) is 9.83. The minimum atomic E-state index is 0.310. The molecular formula is C29H39NO3. The molecule has 3 rings (SSSR count). The summed E-state index contributed by atoms with van der Waals surface area (Å²) in [5, 5.41) is 0. The number of para-hydroxylation sites is 1. The van der Waals surface area contributed by atoms with Gasteiger partial charge >= 0.3 is 0 Å². The van der Waals surface area contributed by atoms with Crippen molar-refractivity contribution in [2.75, 3.05) is 19.8 Å². The smallest absolute Gasteiger partial charge is 0.210 e. The van der Waals surface area contributed by atoms with E-state index in [0.29, 0.717) is 12.6 Å². The Labute approximate surface area is 199 Å². The van der Waals surface area contributed by atoms with E-state index in [1.807, 2.05) is 47.4 Å². The van der Waals surface area contributed by atoms with Crippen LogP contribution >= 0.6 is 0 Å². The maximum absolute atomic E-state index is 10.9. The predicted octanol–water partition coefficient (Wildman–Crippen LogP) is 7.25. The van der Waals surface area contributed by atoms with Gasteiger partial charge in [-0.2, -0.15) is 0 Å². The Morgan fingerprint density at radius 1 is 0.848 bits per heavy atom. The third-order valence-corrected chi connectivity index (χ3v) is 6.20. The second kappa shape index (κ2) is 15.3. The van der Waals surface area contributed by atoms with Crippen molar-refractivity contribution in [3.05, 3.63) is 66.2 Å². The average molecular weight is 450 g/mol. The fraction of sp³-hybridized carbons (Fsp3) is 0.483. The average Bonchev–Trinajstić information content (AvgIpc) is 3.31. The molecule has 2 aromatic rings. The van der Waals surface area contributed by atoms with E-state index in [2.05, 4.69) is 24.3 Å². The highest BCUT2D eigenvalue weighted by molar-refractivity contribution is 5.51. The Morgan fingerprint density at radius 2 is 1.55 bits per heavy atom. The van der Waals surface area contributed by atoms with Crippen molar-refractivity contribution in [2.45, 2.75) is 70.3 Å². The molecule has 1 aliphatic rings. The van der Waals surface area contributed by atoms with Crippen LogP contribution in [0.25, 0.3) is 6.08 Å². The number of allylic oxidation sites excluding steroid dienone is 1. The van der Waals surface area contributed by atoms with Gasteiger partial charge in [0.25, 0.3) is 0 Å². The molecule has 0 aliphatic carbocycles. The van der Waals surface area contributed by atoms with Crippen LogP contribution < -0.4 is 4.74 Å². The first-order chi connectivity index (χ1) is 16.3. The topological polar surface area (TPSA) is 38.8 Å². The highest BCUT2D eigenvalue weighted by Crippen LogP contribution is 2.21. The van der Waals surface area contributed by atoms with Crippen molar-refractivity contribution in [3.8, 4) is 11.5 Å². The number of carbonyl (C=O) groups excluding carboxylic acids is 1. The van der Waals surface area contributed by atoms with Crippen LogP contribution in [0.5, 0.6) is 11.5 Å². The molecule has 0 radical (unpaired) electrons. The normalized spacial score (nSPS) is 15.9. The van der Waals surface area contributed by atoms with E-state index in [4.69, 9.17) is 9.47 Å². The molecule has 1 fully saturated rings. The molecule has 33 heavy (non-hydrogen) atoms. The Bertz CT molecular complexity index is 803. The molecule has 4 heteroatoms. The second-order valence-electron chi connectivity index (χ2n) is 8.86. The molecule has 0 saturated carbocycles. The highest BCUT2D eigenvalue weighted by atomic mass is 16.5. The number of rotatable bonds is 16. The molecule has 4 nitrogen and oxygen atoms in total. The van der Waals surface area contributed by atoms with Crippen molar-refractivity contribution in [1.82, 2.24) is 4.90 Å². The summed E-state index contributed by atoms with van der Waals surface area (Å²) >= 11 is 0. The fourth-order valence-corrected chi connectivity index (χ4v) is 4.24. The van der Waals surface area contributed by atoms with Crippen LogP contribution in [-0.4, -0.2) is 37.1 Å². The molecule has 1 saturated heterocycles. The lowest BCUT2D eigenvalue weighted by molar-refractivity contribution is -0.119. The molecule has 1 heterocycles. The fourth-order valence-electron chi connectivity index (χ4n) is 4.24. The van der Waals surface area contributed by atoms with Gasteiger partial charge < -0.3 is 14.4 Å². The molecule has 0 bridgehead atoms. The van der Waals surface area contributed by atoms with Gasteiger partial charge in [-0.3, -0.25) is 4.79 Å². The number of likely N-dealkylation sites (tertiary alicyclic amines) is 1. The molecule has 0 spiro atoms. The first-order valence-electron chi connectivity index (χ1n) is 12.6. The zero-order chi connectivity index (χ0) is 23.0. The van der Waals surface area contributed by atoms with Crippen molar-refractivity contribution < 1.29 is 14.3 Å². The van der Waals surface area contributed by atoms with E-state index < -0.39 is 0 Å². The lowest BCUT2D eigenvalue weighted by atomic mass is 10.1. The maximum Gasteiger partial charge on any atom is 0.210 e. The Kier molecular flexibility index (Phi) is 11.6. The standard InChI is InChI=1S/C29H39NO3/c31-25-30-22-13-15-27(30)24-32-23-12-7-5-3-1-2-4-6-9-14-26-18-20-29(21-19-26)33-28-16-10-8-11-17-28/h8-11,14,16-21,25,27H,1-7,12-13,15,22-24H2/b14-9+/t27-/m0/s1. The summed E-state index contributed by atoms with van der Waals surface area (Å²) in [6.07, 6.45) is 17.6. The van der Waals surface area contributed by atoms with Gasteiger partial charge in [-0.05, 0) is 61.9 Å². The van der Waals surface area contributed by atoms with E-state index in [1.165, 1.54) is 44.1 Å².